The number of nitrogens with zero attached hydrogens (tertiary/aromatic N) is 1. The molecule has 1 aliphatic heterocycles. The fourth-order valence-electron chi connectivity index (χ4n) is 1.73. The monoisotopic (exact) mass is 233 g/mol. The molecule has 0 aliphatic carbocycles. The fourth-order valence-corrected chi connectivity index (χ4v) is 2.63. The van der Waals surface area contributed by atoms with Gasteiger partial charge in [-0.3, -0.25) is 4.79 Å². The Balaban J connectivity index is 2.07. The number of carbonyl (C=O) groups excluding carboxylic acids is 1. The van der Waals surface area contributed by atoms with Crippen LogP contribution in [0.25, 0.3) is 0 Å². The molecule has 1 heterocycles. The highest BCUT2D eigenvalue weighted by Gasteiger charge is 2.30. The maximum atomic E-state index is 12.1. The number of carbonyl (C=O) groups is 1. The van der Waals surface area contributed by atoms with Gasteiger partial charge in [0.1, 0.15) is 5.71 Å². The number of Topliss-reactive ketones (excluding diaryl/α,β-unsaturated/α-hetero) is 1. The van der Waals surface area contributed by atoms with Crippen molar-refractivity contribution < 1.29 is 4.79 Å². The molecule has 3 heteroatoms. The Labute approximate surface area is 100 Å². The molecule has 1 aromatic carbocycles. The molecule has 0 spiro atoms. The molecule has 84 valence electrons. The van der Waals surface area contributed by atoms with Crippen LogP contribution in [0.5, 0.6) is 0 Å². The lowest BCUT2D eigenvalue weighted by Gasteiger charge is -2.04. The van der Waals surface area contributed by atoms with E-state index in [0.717, 1.165) is 24.8 Å². The molecule has 2 nitrogen and oxygen atoms in total. The Kier molecular flexibility index (Phi) is 3.78. The van der Waals surface area contributed by atoms with E-state index >= 15 is 0 Å². The molecule has 0 N–H and O–H groups in total. The van der Waals surface area contributed by atoms with Crippen molar-refractivity contribution in [2.75, 3.05) is 0 Å². The van der Waals surface area contributed by atoms with Crippen molar-refractivity contribution in [3.05, 3.63) is 35.9 Å². The van der Waals surface area contributed by atoms with Gasteiger partial charge in [0.15, 0.2) is 5.78 Å². The van der Waals surface area contributed by atoms with Gasteiger partial charge in [-0.25, -0.2) is 4.40 Å². The molecule has 1 unspecified atom stereocenters. The minimum atomic E-state index is 0.0511. The van der Waals surface area contributed by atoms with E-state index in [1.165, 1.54) is 11.9 Å². The molecule has 0 bridgehead atoms. The van der Waals surface area contributed by atoms with Crippen molar-refractivity contribution in [1.29, 1.82) is 0 Å². The first-order chi connectivity index (χ1) is 7.83. The highest BCUT2D eigenvalue weighted by Crippen LogP contribution is 2.28. The summed E-state index contributed by atoms with van der Waals surface area (Å²) in [5.74, 6) is 0.199. The van der Waals surface area contributed by atoms with Gasteiger partial charge in [-0.1, -0.05) is 50.1 Å². The number of ketones is 1. The number of benzene rings is 1. The molecule has 0 saturated heterocycles. The third-order valence-corrected chi connectivity index (χ3v) is 3.66. The Morgan fingerprint density at radius 2 is 2.06 bits per heavy atom. The SMILES string of the molecule is CCCCC1SN=C(c2ccccc2)C1=O. The highest BCUT2D eigenvalue weighted by atomic mass is 32.2. The van der Waals surface area contributed by atoms with E-state index in [1.54, 1.807) is 0 Å². The van der Waals surface area contributed by atoms with Crippen LogP contribution in [0.3, 0.4) is 0 Å². The van der Waals surface area contributed by atoms with Crippen LogP contribution in [0.15, 0.2) is 34.7 Å². The third-order valence-electron chi connectivity index (χ3n) is 2.66. The first kappa shape index (κ1) is 11.4. The quantitative estimate of drug-likeness (QED) is 0.747. The van der Waals surface area contributed by atoms with Gasteiger partial charge in [-0.2, -0.15) is 0 Å². The molecule has 0 saturated carbocycles. The molecular formula is C13H15NOS. The summed E-state index contributed by atoms with van der Waals surface area (Å²) in [6, 6.07) is 9.72. The second-order valence-electron chi connectivity index (χ2n) is 3.91. The Morgan fingerprint density at radius 1 is 1.31 bits per heavy atom. The van der Waals surface area contributed by atoms with Crippen molar-refractivity contribution in [2.45, 2.75) is 31.4 Å². The number of hydrogen-bond acceptors (Lipinski definition) is 3. The third kappa shape index (κ3) is 2.35. The maximum Gasteiger partial charge on any atom is 0.197 e. The van der Waals surface area contributed by atoms with Crippen LogP contribution in [0, 0.1) is 0 Å². The maximum absolute atomic E-state index is 12.1. The second-order valence-corrected chi connectivity index (χ2v) is 4.87. The van der Waals surface area contributed by atoms with E-state index in [9.17, 15) is 4.79 Å². The molecular weight excluding hydrogens is 218 g/mol. The smallest absolute Gasteiger partial charge is 0.197 e. The topological polar surface area (TPSA) is 29.4 Å². The lowest BCUT2D eigenvalue weighted by Crippen LogP contribution is -2.21. The zero-order chi connectivity index (χ0) is 11.4. The van der Waals surface area contributed by atoms with Crippen LogP contribution in [0.1, 0.15) is 31.7 Å². The Bertz CT molecular complexity index is 400. The summed E-state index contributed by atoms with van der Waals surface area (Å²) in [4.78, 5) is 12.1. The zero-order valence-electron chi connectivity index (χ0n) is 9.35. The van der Waals surface area contributed by atoms with Gasteiger partial charge in [0.05, 0.1) is 5.25 Å². The van der Waals surface area contributed by atoms with E-state index in [4.69, 9.17) is 0 Å². The highest BCUT2D eigenvalue weighted by molar-refractivity contribution is 8.00. The van der Waals surface area contributed by atoms with Crippen molar-refractivity contribution in [3.63, 3.8) is 0 Å². The van der Waals surface area contributed by atoms with Crippen LogP contribution < -0.4 is 0 Å². The lowest BCUT2D eigenvalue weighted by atomic mass is 10.0. The minimum Gasteiger partial charge on any atom is -0.291 e. The van der Waals surface area contributed by atoms with Gasteiger partial charge in [-0.15, -0.1) is 0 Å². The van der Waals surface area contributed by atoms with Crippen LogP contribution in [-0.2, 0) is 4.79 Å². The molecule has 0 fully saturated rings. The molecule has 1 aliphatic rings. The minimum absolute atomic E-state index is 0.0511. The molecule has 1 atom stereocenters. The van der Waals surface area contributed by atoms with E-state index < -0.39 is 0 Å². The summed E-state index contributed by atoms with van der Waals surface area (Å²) in [5.41, 5.74) is 1.59. The van der Waals surface area contributed by atoms with E-state index in [-0.39, 0.29) is 11.0 Å². The summed E-state index contributed by atoms with van der Waals surface area (Å²) in [5, 5.41) is 0.0511. The number of rotatable bonds is 4. The van der Waals surface area contributed by atoms with E-state index in [0.29, 0.717) is 5.71 Å². The summed E-state index contributed by atoms with van der Waals surface area (Å²) in [6.07, 6.45) is 3.17. The molecule has 0 aromatic heterocycles. The summed E-state index contributed by atoms with van der Waals surface area (Å²) >= 11 is 1.43. The number of hydrogen-bond donors (Lipinski definition) is 0. The zero-order valence-corrected chi connectivity index (χ0v) is 10.2. The largest absolute Gasteiger partial charge is 0.291 e. The van der Waals surface area contributed by atoms with Gasteiger partial charge in [0, 0.05) is 5.56 Å². The van der Waals surface area contributed by atoms with Crippen LogP contribution >= 0.6 is 11.9 Å². The van der Waals surface area contributed by atoms with Gasteiger partial charge in [-0.05, 0) is 18.4 Å². The first-order valence-electron chi connectivity index (χ1n) is 5.66. The summed E-state index contributed by atoms with van der Waals surface area (Å²) in [7, 11) is 0. The van der Waals surface area contributed by atoms with Crippen molar-refractivity contribution >= 4 is 23.4 Å². The van der Waals surface area contributed by atoms with Crippen molar-refractivity contribution in [3.8, 4) is 0 Å². The number of unbranched alkanes of at least 4 members (excludes halogenated alkanes) is 1. The first-order valence-corrected chi connectivity index (χ1v) is 6.50. The molecule has 0 radical (unpaired) electrons. The van der Waals surface area contributed by atoms with Gasteiger partial charge < -0.3 is 0 Å². The van der Waals surface area contributed by atoms with Gasteiger partial charge in [0.25, 0.3) is 0 Å². The predicted octanol–water partition coefficient (Wildman–Crippen LogP) is 3.27. The molecule has 1 aromatic rings. The van der Waals surface area contributed by atoms with Crippen LogP contribution in [0.4, 0.5) is 0 Å². The van der Waals surface area contributed by atoms with Crippen LogP contribution in [0.2, 0.25) is 0 Å². The van der Waals surface area contributed by atoms with Crippen LogP contribution in [-0.4, -0.2) is 16.7 Å². The van der Waals surface area contributed by atoms with Gasteiger partial charge >= 0.3 is 0 Å². The predicted molar refractivity (Wildman–Crippen MR) is 68.9 cm³/mol. The Morgan fingerprint density at radius 3 is 2.75 bits per heavy atom. The Hall–Kier alpha value is -1.09. The van der Waals surface area contributed by atoms with Gasteiger partial charge in [0.2, 0.25) is 0 Å². The molecule has 2 rings (SSSR count). The van der Waals surface area contributed by atoms with Crippen molar-refractivity contribution in [2.24, 2.45) is 4.40 Å². The second kappa shape index (κ2) is 5.30. The summed E-state index contributed by atoms with van der Waals surface area (Å²) in [6.45, 7) is 2.14. The van der Waals surface area contributed by atoms with E-state index in [1.807, 2.05) is 30.3 Å². The van der Waals surface area contributed by atoms with Crippen molar-refractivity contribution in [1.82, 2.24) is 0 Å². The lowest BCUT2D eigenvalue weighted by molar-refractivity contribution is -0.112. The average Bonchev–Trinajstić information content (AvgIpc) is 2.69. The average molecular weight is 233 g/mol. The molecule has 0 amide bonds. The standard InChI is InChI=1S/C13H15NOS/c1-2-3-9-11-13(15)12(14-16-11)10-7-5-4-6-8-10/h4-8,11H,2-3,9H2,1H3. The van der Waals surface area contributed by atoms with E-state index in [2.05, 4.69) is 11.3 Å². The fraction of sp³-hybridized carbons (Fsp3) is 0.385. The summed E-state index contributed by atoms with van der Waals surface area (Å²) < 4.78 is 4.31. The molecule has 16 heavy (non-hydrogen) atoms. The normalized spacial score (nSPS) is 19.9.